The van der Waals surface area contributed by atoms with E-state index in [1.165, 1.54) is 10.4 Å². The summed E-state index contributed by atoms with van der Waals surface area (Å²) in [7, 11) is 0. The molecule has 0 spiro atoms. The average molecular weight is 357 g/mol. The molecule has 1 atom stereocenters. The summed E-state index contributed by atoms with van der Waals surface area (Å²) in [5.74, 6) is 0. The van der Waals surface area contributed by atoms with Crippen molar-refractivity contribution in [3.63, 3.8) is 0 Å². The molecule has 24 heavy (non-hydrogen) atoms. The molecule has 0 aliphatic carbocycles. The summed E-state index contributed by atoms with van der Waals surface area (Å²) < 4.78 is 1.24. The highest BCUT2D eigenvalue weighted by Crippen LogP contribution is 2.30. The van der Waals surface area contributed by atoms with E-state index in [1.54, 1.807) is 11.3 Å². The van der Waals surface area contributed by atoms with Gasteiger partial charge in [0.25, 0.3) is 0 Å². The number of benzene rings is 2. The Labute approximate surface area is 151 Å². The van der Waals surface area contributed by atoms with Gasteiger partial charge in [-0.25, -0.2) is 4.98 Å². The van der Waals surface area contributed by atoms with Crippen LogP contribution in [-0.4, -0.2) is 36.1 Å². The first-order chi connectivity index (χ1) is 11.7. The van der Waals surface area contributed by atoms with Crippen molar-refractivity contribution in [1.82, 2.24) is 9.88 Å². The number of nitrogens with zero attached hydrogens (tertiary/aromatic N) is 3. The first-order valence-corrected chi connectivity index (χ1v) is 9.33. The minimum Gasteiger partial charge on any atom is -0.369 e. The maximum atomic E-state index is 5.98. The fourth-order valence-electron chi connectivity index (χ4n) is 3.13. The Kier molecular flexibility index (Phi) is 4.44. The molecule has 0 N–H and O–H groups in total. The Morgan fingerprint density at radius 3 is 2.42 bits per heavy atom. The zero-order valence-corrected chi connectivity index (χ0v) is 14.9. The van der Waals surface area contributed by atoms with Gasteiger partial charge in [0, 0.05) is 36.9 Å². The van der Waals surface area contributed by atoms with Crippen LogP contribution >= 0.6 is 22.9 Å². The van der Waals surface area contributed by atoms with Crippen molar-refractivity contribution < 1.29 is 0 Å². The molecule has 2 aromatic carbocycles. The summed E-state index contributed by atoms with van der Waals surface area (Å²) in [6.07, 6.45) is 0. The van der Waals surface area contributed by atoms with Gasteiger partial charge in [0.2, 0.25) is 0 Å². The van der Waals surface area contributed by atoms with Crippen molar-refractivity contribution in [1.29, 1.82) is 0 Å². The summed E-state index contributed by atoms with van der Waals surface area (Å²) in [6, 6.07) is 16.5. The molecule has 1 saturated heterocycles. The van der Waals surface area contributed by atoms with Crippen molar-refractivity contribution in [2.45, 2.75) is 6.04 Å². The monoisotopic (exact) mass is 356 g/mol. The van der Waals surface area contributed by atoms with Crippen molar-refractivity contribution in [3.8, 4) is 0 Å². The second kappa shape index (κ2) is 6.71. The second-order valence-electron chi connectivity index (χ2n) is 6.04. The fraction of sp³-hybridized carbons (Fsp3) is 0.263. The van der Waals surface area contributed by atoms with E-state index < -0.39 is 0 Å². The fourth-order valence-corrected chi connectivity index (χ4v) is 4.28. The normalized spacial score (nSPS) is 17.3. The van der Waals surface area contributed by atoms with E-state index in [4.69, 9.17) is 16.6 Å². The van der Waals surface area contributed by atoms with Gasteiger partial charge in [-0.2, -0.15) is 0 Å². The standard InChI is InChI=1S/C19H19ClN3S/c1-14(19-21-17-4-2-3-5-18(17)24-19)22-10-12-23(13-11-22)16-8-6-15(20)7-9-16/h2-9,14H,1,10-13H2. The van der Waals surface area contributed by atoms with Gasteiger partial charge in [-0.3, -0.25) is 4.90 Å². The lowest BCUT2D eigenvalue weighted by atomic mass is 10.2. The number of halogens is 1. The molecule has 4 rings (SSSR count). The van der Waals surface area contributed by atoms with Crippen molar-refractivity contribution in [2.24, 2.45) is 0 Å². The third kappa shape index (κ3) is 3.14. The number of rotatable bonds is 3. The van der Waals surface area contributed by atoms with Crippen LogP contribution in [0.2, 0.25) is 5.02 Å². The molecule has 1 aromatic heterocycles. The minimum absolute atomic E-state index is 0.120. The van der Waals surface area contributed by atoms with Gasteiger partial charge in [0.05, 0.1) is 16.3 Å². The topological polar surface area (TPSA) is 19.4 Å². The van der Waals surface area contributed by atoms with E-state index in [2.05, 4.69) is 47.1 Å². The number of aromatic nitrogens is 1. The van der Waals surface area contributed by atoms with Gasteiger partial charge >= 0.3 is 0 Å². The summed E-state index contributed by atoms with van der Waals surface area (Å²) >= 11 is 7.73. The molecule has 1 fully saturated rings. The highest BCUT2D eigenvalue weighted by atomic mass is 35.5. The highest BCUT2D eigenvalue weighted by Gasteiger charge is 2.24. The SMILES string of the molecule is [CH2]C(c1nc2ccccc2s1)N1CCN(c2ccc(Cl)cc2)CC1. The van der Waals surface area contributed by atoms with Gasteiger partial charge in [-0.15, -0.1) is 11.3 Å². The lowest BCUT2D eigenvalue weighted by molar-refractivity contribution is 0.216. The van der Waals surface area contributed by atoms with E-state index in [0.29, 0.717) is 0 Å². The lowest BCUT2D eigenvalue weighted by Gasteiger charge is -2.38. The number of hydrogen-bond donors (Lipinski definition) is 0. The molecule has 0 saturated carbocycles. The van der Waals surface area contributed by atoms with E-state index in [0.717, 1.165) is 41.7 Å². The van der Waals surface area contributed by atoms with Crippen LogP contribution in [-0.2, 0) is 0 Å². The average Bonchev–Trinajstić information content (AvgIpc) is 3.06. The third-order valence-electron chi connectivity index (χ3n) is 4.54. The Hall–Kier alpha value is -1.62. The van der Waals surface area contributed by atoms with E-state index in [-0.39, 0.29) is 6.04 Å². The number of fused-ring (bicyclic) bond motifs is 1. The predicted molar refractivity (Wildman–Crippen MR) is 103 cm³/mol. The molecular formula is C19H19ClN3S. The number of para-hydroxylation sites is 1. The molecular weight excluding hydrogens is 338 g/mol. The van der Waals surface area contributed by atoms with Gasteiger partial charge in [0.1, 0.15) is 5.01 Å². The smallest absolute Gasteiger partial charge is 0.111 e. The zero-order chi connectivity index (χ0) is 16.5. The first kappa shape index (κ1) is 15.9. The number of piperazine rings is 1. The predicted octanol–water partition coefficient (Wildman–Crippen LogP) is 4.65. The summed E-state index contributed by atoms with van der Waals surface area (Å²) in [4.78, 5) is 9.58. The van der Waals surface area contributed by atoms with Crippen molar-refractivity contribution >= 4 is 38.8 Å². The molecule has 0 bridgehead atoms. The molecule has 1 radical (unpaired) electrons. The van der Waals surface area contributed by atoms with Crippen LogP contribution in [0.5, 0.6) is 0 Å². The second-order valence-corrected chi connectivity index (χ2v) is 7.53. The number of thiazole rings is 1. The lowest BCUT2D eigenvalue weighted by Crippen LogP contribution is -2.47. The van der Waals surface area contributed by atoms with Crippen LogP contribution in [0.1, 0.15) is 11.0 Å². The molecule has 5 heteroatoms. The number of hydrogen-bond acceptors (Lipinski definition) is 4. The zero-order valence-electron chi connectivity index (χ0n) is 13.4. The van der Waals surface area contributed by atoms with Crippen LogP contribution in [0.4, 0.5) is 5.69 Å². The quantitative estimate of drug-likeness (QED) is 0.681. The van der Waals surface area contributed by atoms with Crippen LogP contribution in [0.15, 0.2) is 48.5 Å². The van der Waals surface area contributed by atoms with E-state index in [1.807, 2.05) is 18.2 Å². The largest absolute Gasteiger partial charge is 0.369 e. The molecule has 2 heterocycles. The summed E-state index contributed by atoms with van der Waals surface area (Å²) in [6.45, 7) is 8.36. The van der Waals surface area contributed by atoms with E-state index in [9.17, 15) is 0 Å². The third-order valence-corrected chi connectivity index (χ3v) is 5.93. The molecule has 1 aliphatic heterocycles. The van der Waals surface area contributed by atoms with Gasteiger partial charge in [0.15, 0.2) is 0 Å². The van der Waals surface area contributed by atoms with Crippen LogP contribution in [0, 0.1) is 6.92 Å². The maximum Gasteiger partial charge on any atom is 0.111 e. The molecule has 1 unspecified atom stereocenters. The highest BCUT2D eigenvalue weighted by molar-refractivity contribution is 7.18. The molecule has 1 aliphatic rings. The van der Waals surface area contributed by atoms with Crippen LogP contribution in [0.25, 0.3) is 10.2 Å². The Morgan fingerprint density at radius 2 is 1.71 bits per heavy atom. The Balaban J connectivity index is 1.44. The molecule has 3 aromatic rings. The number of anilines is 1. The molecule has 123 valence electrons. The van der Waals surface area contributed by atoms with Crippen molar-refractivity contribution in [2.75, 3.05) is 31.1 Å². The van der Waals surface area contributed by atoms with Crippen LogP contribution in [0.3, 0.4) is 0 Å². The van der Waals surface area contributed by atoms with Crippen molar-refractivity contribution in [3.05, 3.63) is 65.5 Å². The Morgan fingerprint density at radius 1 is 1.00 bits per heavy atom. The summed E-state index contributed by atoms with van der Waals surface area (Å²) in [5, 5.41) is 1.89. The molecule has 3 nitrogen and oxygen atoms in total. The molecule has 0 amide bonds. The van der Waals surface area contributed by atoms with Gasteiger partial charge < -0.3 is 4.90 Å². The first-order valence-electron chi connectivity index (χ1n) is 8.14. The van der Waals surface area contributed by atoms with Gasteiger partial charge in [-0.1, -0.05) is 23.7 Å². The van der Waals surface area contributed by atoms with Gasteiger partial charge in [-0.05, 0) is 43.3 Å². The van der Waals surface area contributed by atoms with E-state index >= 15 is 0 Å². The van der Waals surface area contributed by atoms with Crippen LogP contribution < -0.4 is 4.90 Å². The minimum atomic E-state index is 0.120. The summed E-state index contributed by atoms with van der Waals surface area (Å²) in [5.41, 5.74) is 2.31. The maximum absolute atomic E-state index is 5.98. The Bertz CT molecular complexity index is 789.